The predicted molar refractivity (Wildman–Crippen MR) is 76.3 cm³/mol. The quantitative estimate of drug-likeness (QED) is 0.910. The van der Waals surface area contributed by atoms with E-state index in [4.69, 9.17) is 0 Å². The monoisotopic (exact) mass is 272 g/mol. The van der Waals surface area contributed by atoms with E-state index in [1.54, 1.807) is 0 Å². The summed E-state index contributed by atoms with van der Waals surface area (Å²) in [6.07, 6.45) is 0. The summed E-state index contributed by atoms with van der Waals surface area (Å²) in [6, 6.07) is 6.11. The van der Waals surface area contributed by atoms with Gasteiger partial charge >= 0.3 is 0 Å². The number of hydrogen-bond donors (Lipinski definition) is 1. The fourth-order valence-corrected chi connectivity index (χ4v) is 2.51. The molecule has 4 heteroatoms. The molecule has 18 heavy (non-hydrogen) atoms. The molecular weight excluding hydrogens is 251 g/mol. The van der Waals surface area contributed by atoms with E-state index in [0.29, 0.717) is 0 Å². The van der Waals surface area contributed by atoms with Crippen LogP contribution in [0.3, 0.4) is 0 Å². The van der Waals surface area contributed by atoms with Crippen LogP contribution in [0.15, 0.2) is 18.2 Å². The lowest BCUT2D eigenvalue weighted by atomic mass is 9.97. The largest absolute Gasteiger partial charge is 0.314 e. The molecule has 1 N–H and O–H groups in total. The van der Waals surface area contributed by atoms with Crippen molar-refractivity contribution in [3.8, 4) is 0 Å². The van der Waals surface area contributed by atoms with Crippen molar-refractivity contribution in [2.24, 2.45) is 0 Å². The van der Waals surface area contributed by atoms with Gasteiger partial charge in [-0.05, 0) is 30.5 Å². The summed E-state index contributed by atoms with van der Waals surface area (Å²) in [5, 5.41) is 3.31. The van der Waals surface area contributed by atoms with Gasteiger partial charge in [0.2, 0.25) is 0 Å². The lowest BCUT2D eigenvalue weighted by Gasteiger charge is -2.34. The summed E-state index contributed by atoms with van der Waals surface area (Å²) in [5.41, 5.74) is 3.62. The zero-order valence-electron chi connectivity index (χ0n) is 11.1. The van der Waals surface area contributed by atoms with Crippen LogP contribution in [0.2, 0.25) is 0 Å². The van der Waals surface area contributed by atoms with Crippen LogP contribution in [0.25, 0.3) is 0 Å². The lowest BCUT2D eigenvalue weighted by molar-refractivity contribution is 0.147. The minimum absolute atomic E-state index is 0. The number of rotatable bonds is 3. The Morgan fingerprint density at radius 2 is 1.94 bits per heavy atom. The van der Waals surface area contributed by atoms with Gasteiger partial charge in [-0.1, -0.05) is 18.2 Å². The third-order valence-electron chi connectivity index (χ3n) is 3.74. The number of nitrogens with zero attached hydrogens (tertiary/aromatic N) is 1. The van der Waals surface area contributed by atoms with Gasteiger partial charge in [-0.15, -0.1) is 12.4 Å². The fraction of sp³-hybridized carbons (Fsp3) is 0.571. The molecule has 0 aromatic heterocycles. The number of hydrogen-bond acceptors (Lipinski definition) is 2. The number of alkyl halides is 1. The first-order chi connectivity index (χ1) is 8.24. The second kappa shape index (κ2) is 7.07. The first kappa shape index (κ1) is 15.4. The minimum Gasteiger partial charge on any atom is -0.314 e. The van der Waals surface area contributed by atoms with E-state index < -0.39 is 0 Å². The molecular formula is C14H22ClFN2. The van der Waals surface area contributed by atoms with Gasteiger partial charge in [0.25, 0.3) is 0 Å². The molecule has 102 valence electrons. The molecule has 1 atom stereocenters. The molecule has 1 fully saturated rings. The van der Waals surface area contributed by atoms with E-state index in [-0.39, 0.29) is 25.1 Å². The predicted octanol–water partition coefficient (Wildman–Crippen LogP) is 2.64. The Morgan fingerprint density at radius 3 is 2.56 bits per heavy atom. The summed E-state index contributed by atoms with van der Waals surface area (Å²) >= 11 is 0. The van der Waals surface area contributed by atoms with Crippen molar-refractivity contribution < 1.29 is 4.39 Å². The van der Waals surface area contributed by atoms with Crippen molar-refractivity contribution in [2.45, 2.75) is 19.9 Å². The normalized spacial score (nSPS) is 18.2. The highest BCUT2D eigenvalue weighted by Crippen LogP contribution is 2.26. The zero-order chi connectivity index (χ0) is 12.3. The highest BCUT2D eigenvalue weighted by Gasteiger charge is 2.23. The van der Waals surface area contributed by atoms with E-state index in [9.17, 15) is 4.39 Å². The summed E-state index contributed by atoms with van der Waals surface area (Å²) in [5.74, 6) is 0. The second-order valence-electron chi connectivity index (χ2n) is 4.75. The van der Waals surface area contributed by atoms with E-state index in [0.717, 1.165) is 31.7 Å². The topological polar surface area (TPSA) is 15.3 Å². The van der Waals surface area contributed by atoms with E-state index >= 15 is 0 Å². The summed E-state index contributed by atoms with van der Waals surface area (Å²) < 4.78 is 13.4. The molecule has 0 aliphatic carbocycles. The second-order valence-corrected chi connectivity index (χ2v) is 4.75. The first-order valence-electron chi connectivity index (χ1n) is 6.31. The van der Waals surface area contributed by atoms with Gasteiger partial charge in [0, 0.05) is 26.2 Å². The third-order valence-corrected chi connectivity index (χ3v) is 3.74. The van der Waals surface area contributed by atoms with Gasteiger partial charge < -0.3 is 5.32 Å². The average molecular weight is 273 g/mol. The average Bonchev–Trinajstić information content (AvgIpc) is 2.37. The number of aryl methyl sites for hydroxylation is 1. The molecule has 1 aliphatic heterocycles. The van der Waals surface area contributed by atoms with E-state index in [1.807, 2.05) is 6.07 Å². The lowest BCUT2D eigenvalue weighted by Crippen LogP contribution is -2.45. The molecule has 1 aliphatic rings. The van der Waals surface area contributed by atoms with Crippen molar-refractivity contribution >= 4 is 12.4 Å². The molecule has 0 saturated carbocycles. The molecule has 0 bridgehead atoms. The maximum absolute atomic E-state index is 13.4. The Hall–Kier alpha value is -0.640. The summed E-state index contributed by atoms with van der Waals surface area (Å²) in [4.78, 5) is 2.25. The van der Waals surface area contributed by atoms with Gasteiger partial charge in [0.05, 0.1) is 6.04 Å². The Morgan fingerprint density at radius 1 is 1.28 bits per heavy atom. The van der Waals surface area contributed by atoms with Crippen molar-refractivity contribution in [1.82, 2.24) is 10.2 Å². The van der Waals surface area contributed by atoms with Crippen LogP contribution in [-0.4, -0.2) is 37.8 Å². The molecule has 1 aromatic rings. The number of halogens is 2. The highest BCUT2D eigenvalue weighted by atomic mass is 35.5. The smallest absolute Gasteiger partial charge is 0.109 e. The van der Waals surface area contributed by atoms with E-state index in [1.165, 1.54) is 11.1 Å². The van der Waals surface area contributed by atoms with Crippen molar-refractivity contribution in [3.05, 3.63) is 34.9 Å². The molecule has 1 aromatic carbocycles. The Balaban J connectivity index is 0.00000162. The van der Waals surface area contributed by atoms with E-state index in [2.05, 4.69) is 36.2 Å². The van der Waals surface area contributed by atoms with Gasteiger partial charge in [-0.25, -0.2) is 4.39 Å². The molecule has 1 heterocycles. The maximum Gasteiger partial charge on any atom is 0.109 e. The van der Waals surface area contributed by atoms with Gasteiger partial charge in [-0.3, -0.25) is 4.90 Å². The Bertz CT molecular complexity index is 378. The third kappa shape index (κ3) is 3.22. The van der Waals surface area contributed by atoms with Crippen LogP contribution in [0.4, 0.5) is 4.39 Å². The van der Waals surface area contributed by atoms with Gasteiger partial charge in [-0.2, -0.15) is 0 Å². The Labute approximate surface area is 115 Å². The van der Waals surface area contributed by atoms with Crippen LogP contribution in [0.1, 0.15) is 22.7 Å². The Kier molecular flexibility index (Phi) is 6.06. The number of piperazine rings is 1. The van der Waals surface area contributed by atoms with Gasteiger partial charge in [0.15, 0.2) is 0 Å². The maximum atomic E-state index is 13.4. The van der Waals surface area contributed by atoms with Crippen molar-refractivity contribution in [3.63, 3.8) is 0 Å². The van der Waals surface area contributed by atoms with Crippen molar-refractivity contribution in [2.75, 3.05) is 32.9 Å². The van der Waals surface area contributed by atoms with Crippen LogP contribution in [-0.2, 0) is 0 Å². The fourth-order valence-electron chi connectivity index (χ4n) is 2.51. The molecule has 2 nitrogen and oxygen atoms in total. The molecule has 0 amide bonds. The minimum atomic E-state index is -0.301. The number of nitrogens with one attached hydrogen (secondary N) is 1. The molecule has 0 unspecified atom stereocenters. The SMILES string of the molecule is Cc1cccc([C@@H](CF)N2CCNCC2)c1C.Cl. The van der Waals surface area contributed by atoms with Crippen LogP contribution in [0, 0.1) is 13.8 Å². The molecule has 2 rings (SSSR count). The zero-order valence-corrected chi connectivity index (χ0v) is 11.9. The highest BCUT2D eigenvalue weighted by molar-refractivity contribution is 5.85. The molecule has 0 radical (unpaired) electrons. The van der Waals surface area contributed by atoms with Crippen molar-refractivity contribution in [1.29, 1.82) is 0 Å². The summed E-state index contributed by atoms with van der Waals surface area (Å²) in [7, 11) is 0. The van der Waals surface area contributed by atoms with Crippen LogP contribution in [0.5, 0.6) is 0 Å². The summed E-state index contributed by atoms with van der Waals surface area (Å²) in [6.45, 7) is 7.67. The molecule has 0 spiro atoms. The number of benzene rings is 1. The molecule has 1 saturated heterocycles. The van der Waals surface area contributed by atoms with Crippen LogP contribution < -0.4 is 5.32 Å². The standard InChI is InChI=1S/C14H21FN2.ClH/c1-11-4-3-5-13(12(11)2)14(10-15)17-8-6-16-7-9-17;/h3-5,14,16H,6-10H2,1-2H3;1H/t14-;/m1./s1. The first-order valence-corrected chi connectivity index (χ1v) is 6.31. The van der Waals surface area contributed by atoms with Crippen LogP contribution >= 0.6 is 12.4 Å². The van der Waals surface area contributed by atoms with Gasteiger partial charge in [0.1, 0.15) is 6.67 Å².